The highest BCUT2D eigenvalue weighted by atomic mass is 19.1. The first kappa shape index (κ1) is 18.8. The number of amides is 1. The van der Waals surface area contributed by atoms with E-state index in [0.29, 0.717) is 44.7 Å². The first-order chi connectivity index (χ1) is 12.3. The Labute approximate surface area is 155 Å². The van der Waals surface area contributed by atoms with Crippen molar-refractivity contribution in [2.45, 2.75) is 26.4 Å². The van der Waals surface area contributed by atoms with E-state index in [1.54, 1.807) is 11.1 Å². The summed E-state index contributed by atoms with van der Waals surface area (Å²) in [6.45, 7) is 9.17. The van der Waals surface area contributed by atoms with E-state index in [2.05, 4.69) is 14.8 Å². The molecule has 0 atom stereocenters. The topological polar surface area (TPSA) is 48.9 Å². The molecule has 0 bridgehead atoms. The van der Waals surface area contributed by atoms with Crippen molar-refractivity contribution in [2.75, 3.05) is 55.7 Å². The summed E-state index contributed by atoms with van der Waals surface area (Å²) in [5.74, 6) is 0.939. The Morgan fingerprint density at radius 1 is 1.27 bits per heavy atom. The second kappa shape index (κ2) is 7.33. The van der Waals surface area contributed by atoms with Gasteiger partial charge in [0.25, 0.3) is 0 Å². The average molecular weight is 360 g/mol. The molecule has 0 N–H and O–H groups in total. The van der Waals surface area contributed by atoms with Crippen molar-refractivity contribution in [1.29, 1.82) is 0 Å². The molecule has 0 unspecified atom stereocenters. The number of pyridine rings is 1. The molecule has 2 saturated heterocycles. The second-order valence-electron chi connectivity index (χ2n) is 7.99. The van der Waals surface area contributed by atoms with Crippen LogP contribution in [0, 0.1) is 5.92 Å². The van der Waals surface area contributed by atoms with E-state index < -0.39 is 5.60 Å². The van der Waals surface area contributed by atoms with Crippen LogP contribution in [0.25, 0.3) is 0 Å². The van der Waals surface area contributed by atoms with Gasteiger partial charge in [-0.15, -0.1) is 0 Å². The largest absolute Gasteiger partial charge is 0.444 e. The monoisotopic (exact) mass is 360 g/mol. The molecule has 8 heteroatoms. The molecule has 6 nitrogen and oxygen atoms in total. The van der Waals surface area contributed by atoms with Gasteiger partial charge in [0.05, 0.1) is 12.4 Å². The third kappa shape index (κ3) is 4.22. The molecule has 1 amide bonds. The number of alkyl halides is 1. The lowest BCUT2D eigenvalue weighted by Gasteiger charge is -2.43. The number of carbonyl (C=O) groups is 1. The van der Waals surface area contributed by atoms with E-state index >= 15 is 0 Å². The SMILES string of the molecule is [B]c1cnc(N2CCN(C(=O)OC(C)(C)C)CC2)c(N2CC(CF)C2)c1. The lowest BCUT2D eigenvalue weighted by molar-refractivity contribution is 0.0240. The lowest BCUT2D eigenvalue weighted by atomic mass is 9.95. The molecule has 2 aliphatic rings. The number of aromatic nitrogens is 1. The van der Waals surface area contributed by atoms with E-state index in [4.69, 9.17) is 12.6 Å². The van der Waals surface area contributed by atoms with Crippen molar-refractivity contribution in [3.63, 3.8) is 0 Å². The van der Waals surface area contributed by atoms with E-state index in [1.807, 2.05) is 26.8 Å². The fraction of sp³-hybridized carbons (Fsp3) is 0.667. The van der Waals surface area contributed by atoms with Crippen molar-refractivity contribution in [2.24, 2.45) is 5.92 Å². The van der Waals surface area contributed by atoms with Gasteiger partial charge in [-0.1, -0.05) is 5.46 Å². The van der Waals surface area contributed by atoms with Gasteiger partial charge >= 0.3 is 6.09 Å². The molecular weight excluding hydrogens is 334 g/mol. The molecule has 1 aromatic heterocycles. The quantitative estimate of drug-likeness (QED) is 0.762. The first-order valence-electron chi connectivity index (χ1n) is 9.06. The maximum atomic E-state index is 12.8. The van der Waals surface area contributed by atoms with E-state index in [1.165, 1.54) is 0 Å². The van der Waals surface area contributed by atoms with Crippen LogP contribution in [-0.4, -0.2) is 75.4 Å². The minimum Gasteiger partial charge on any atom is -0.444 e. The van der Waals surface area contributed by atoms with Crippen LogP contribution in [0.4, 0.5) is 20.7 Å². The third-order valence-electron chi connectivity index (χ3n) is 4.62. The van der Waals surface area contributed by atoms with Crippen LogP contribution in [0.3, 0.4) is 0 Å². The van der Waals surface area contributed by atoms with Crippen molar-refractivity contribution in [3.8, 4) is 0 Å². The minimum atomic E-state index is -0.496. The fourth-order valence-electron chi connectivity index (χ4n) is 3.23. The summed E-state index contributed by atoms with van der Waals surface area (Å²) in [7, 11) is 5.91. The highest BCUT2D eigenvalue weighted by Crippen LogP contribution is 2.32. The summed E-state index contributed by atoms with van der Waals surface area (Å²) < 4.78 is 18.2. The van der Waals surface area contributed by atoms with Crippen LogP contribution in [0.5, 0.6) is 0 Å². The minimum absolute atomic E-state index is 0.0910. The van der Waals surface area contributed by atoms with Gasteiger partial charge in [-0.25, -0.2) is 9.78 Å². The van der Waals surface area contributed by atoms with Crippen molar-refractivity contribution >= 4 is 30.9 Å². The maximum Gasteiger partial charge on any atom is 0.410 e. The van der Waals surface area contributed by atoms with Crippen LogP contribution in [0.2, 0.25) is 0 Å². The summed E-state index contributed by atoms with van der Waals surface area (Å²) in [5, 5.41) is 0. The predicted molar refractivity (Wildman–Crippen MR) is 101 cm³/mol. The number of anilines is 2. The Morgan fingerprint density at radius 3 is 2.50 bits per heavy atom. The lowest BCUT2D eigenvalue weighted by Crippen LogP contribution is -2.52. The zero-order chi connectivity index (χ0) is 18.9. The molecule has 1 aromatic rings. The summed E-state index contributed by atoms with van der Waals surface area (Å²) in [4.78, 5) is 22.7. The molecule has 0 spiro atoms. The van der Waals surface area contributed by atoms with Gasteiger partial charge in [0.1, 0.15) is 13.4 Å². The van der Waals surface area contributed by atoms with Crippen LogP contribution in [0.1, 0.15) is 20.8 Å². The van der Waals surface area contributed by atoms with Crippen LogP contribution < -0.4 is 15.3 Å². The number of rotatable bonds is 3. The van der Waals surface area contributed by atoms with Crippen molar-refractivity contribution in [3.05, 3.63) is 12.3 Å². The van der Waals surface area contributed by atoms with E-state index in [-0.39, 0.29) is 18.7 Å². The number of hydrogen-bond donors (Lipinski definition) is 0. The Bertz CT molecular complexity index is 653. The molecule has 3 rings (SSSR count). The normalized spacial score (nSPS) is 18.7. The number of nitrogens with zero attached hydrogens (tertiary/aromatic N) is 4. The third-order valence-corrected chi connectivity index (χ3v) is 4.62. The van der Waals surface area contributed by atoms with Crippen LogP contribution in [-0.2, 0) is 4.74 Å². The number of carbonyl (C=O) groups excluding carboxylic acids is 1. The highest BCUT2D eigenvalue weighted by Gasteiger charge is 2.32. The smallest absolute Gasteiger partial charge is 0.410 e. The summed E-state index contributed by atoms with van der Waals surface area (Å²) in [6, 6.07) is 1.90. The summed E-state index contributed by atoms with van der Waals surface area (Å²) in [5.41, 5.74) is 1.05. The van der Waals surface area contributed by atoms with Crippen LogP contribution >= 0.6 is 0 Å². The van der Waals surface area contributed by atoms with Gasteiger partial charge in [-0.2, -0.15) is 0 Å². The van der Waals surface area contributed by atoms with Crippen molar-refractivity contribution in [1.82, 2.24) is 9.88 Å². The Morgan fingerprint density at radius 2 is 1.92 bits per heavy atom. The summed E-state index contributed by atoms with van der Waals surface area (Å²) >= 11 is 0. The number of halogens is 1. The standard InChI is InChI=1S/C18H26BFN4O2/c1-18(2,3)26-17(25)23-6-4-22(5-7-23)16-15(8-14(19)10-21-16)24-11-13(9-20)12-24/h8,10,13H,4-7,9,11-12H2,1-3H3. The molecular formula is C18H26BFN4O2. The molecule has 0 aromatic carbocycles. The Hall–Kier alpha value is -1.99. The van der Waals surface area contributed by atoms with E-state index in [9.17, 15) is 9.18 Å². The molecule has 2 fully saturated rings. The van der Waals surface area contributed by atoms with Gasteiger partial charge in [0.2, 0.25) is 0 Å². The van der Waals surface area contributed by atoms with Gasteiger partial charge in [-0.05, 0) is 26.8 Å². The highest BCUT2D eigenvalue weighted by molar-refractivity contribution is 6.32. The maximum absolute atomic E-state index is 12.8. The van der Waals surface area contributed by atoms with Gasteiger partial charge < -0.3 is 19.4 Å². The molecule has 140 valence electrons. The fourth-order valence-corrected chi connectivity index (χ4v) is 3.23. The zero-order valence-corrected chi connectivity index (χ0v) is 15.7. The number of hydrogen-bond acceptors (Lipinski definition) is 5. The van der Waals surface area contributed by atoms with Gasteiger partial charge in [0, 0.05) is 51.4 Å². The Kier molecular flexibility index (Phi) is 5.30. The predicted octanol–water partition coefficient (Wildman–Crippen LogP) is 1.34. The molecule has 3 heterocycles. The van der Waals surface area contributed by atoms with Crippen molar-refractivity contribution < 1.29 is 13.9 Å². The summed E-state index contributed by atoms with van der Waals surface area (Å²) in [6.07, 6.45) is 1.36. The zero-order valence-electron chi connectivity index (χ0n) is 15.7. The molecule has 2 aliphatic heterocycles. The first-order valence-corrected chi connectivity index (χ1v) is 9.06. The van der Waals surface area contributed by atoms with Gasteiger partial charge in [-0.3, -0.25) is 4.39 Å². The second-order valence-corrected chi connectivity index (χ2v) is 7.99. The van der Waals surface area contributed by atoms with Crippen LogP contribution in [0.15, 0.2) is 12.3 Å². The molecule has 0 aliphatic carbocycles. The molecule has 26 heavy (non-hydrogen) atoms. The van der Waals surface area contributed by atoms with E-state index in [0.717, 1.165) is 11.5 Å². The molecule has 2 radical (unpaired) electrons. The Balaban J connectivity index is 1.65. The molecule has 0 saturated carbocycles. The average Bonchev–Trinajstić information content (AvgIpc) is 2.53. The number of piperazine rings is 1. The number of ether oxygens (including phenoxy) is 1. The van der Waals surface area contributed by atoms with Gasteiger partial charge in [0.15, 0.2) is 5.82 Å².